The minimum atomic E-state index is -3.67. The number of ether oxygens (including phenoxy) is 1. The molecule has 8 heteroatoms. The topological polar surface area (TPSA) is 75.7 Å². The van der Waals surface area contributed by atoms with E-state index >= 15 is 0 Å². The van der Waals surface area contributed by atoms with Gasteiger partial charge in [-0.3, -0.25) is 4.79 Å². The quantitative estimate of drug-likeness (QED) is 0.762. The first-order valence-corrected chi connectivity index (χ1v) is 11.7. The van der Waals surface area contributed by atoms with Crippen molar-refractivity contribution in [1.82, 2.24) is 4.31 Å². The van der Waals surface area contributed by atoms with Crippen LogP contribution in [0.2, 0.25) is 0 Å². The zero-order valence-corrected chi connectivity index (χ0v) is 18.1. The summed E-state index contributed by atoms with van der Waals surface area (Å²) < 4.78 is 33.0. The molecule has 1 fully saturated rings. The van der Waals surface area contributed by atoms with Crippen LogP contribution in [0.5, 0.6) is 5.75 Å². The van der Waals surface area contributed by atoms with E-state index in [1.54, 1.807) is 12.1 Å². The number of methoxy groups -OCH3 is 1. The largest absolute Gasteiger partial charge is 0.495 e. The Morgan fingerprint density at radius 2 is 1.93 bits per heavy atom. The first kappa shape index (κ1) is 20.8. The summed E-state index contributed by atoms with van der Waals surface area (Å²) in [5, 5.41) is 2.82. The molecule has 1 aromatic carbocycles. The molecule has 1 aliphatic rings. The summed E-state index contributed by atoms with van der Waals surface area (Å²) in [7, 11) is -2.23. The molecule has 2 heterocycles. The standard InChI is InChI=1S/C20H26N2O4S2/c1-4-15-12-18(27-14(15)2)20(23)21-16-8-9-17(26-3)19(13-16)28(24,25)22-10-6-5-7-11-22/h8-9,12-13H,4-7,10-11H2,1-3H3,(H,21,23). The van der Waals surface area contributed by atoms with Crippen molar-refractivity contribution in [1.29, 1.82) is 0 Å². The van der Waals surface area contributed by atoms with Gasteiger partial charge in [0, 0.05) is 23.7 Å². The van der Waals surface area contributed by atoms with Gasteiger partial charge >= 0.3 is 0 Å². The summed E-state index contributed by atoms with van der Waals surface area (Å²) in [5.74, 6) is 0.0445. The molecule has 0 spiro atoms. The van der Waals surface area contributed by atoms with Crippen LogP contribution in [0.4, 0.5) is 5.69 Å². The van der Waals surface area contributed by atoms with Crippen molar-refractivity contribution >= 4 is 33.0 Å². The average molecular weight is 423 g/mol. The Balaban J connectivity index is 1.89. The fourth-order valence-electron chi connectivity index (χ4n) is 3.38. The van der Waals surface area contributed by atoms with Crippen molar-refractivity contribution < 1.29 is 17.9 Å². The van der Waals surface area contributed by atoms with E-state index in [4.69, 9.17) is 4.74 Å². The number of nitrogens with zero attached hydrogens (tertiary/aromatic N) is 1. The van der Waals surface area contributed by atoms with E-state index in [0.29, 0.717) is 23.7 Å². The SMILES string of the molecule is CCc1cc(C(=O)Nc2ccc(OC)c(S(=O)(=O)N3CCCCC3)c2)sc1C. The molecule has 0 unspecified atom stereocenters. The molecule has 2 aromatic rings. The number of hydrogen-bond donors (Lipinski definition) is 1. The van der Waals surface area contributed by atoms with E-state index in [9.17, 15) is 13.2 Å². The van der Waals surface area contributed by atoms with Gasteiger partial charge in [-0.25, -0.2) is 8.42 Å². The predicted octanol–water partition coefficient (Wildman–Crippen LogP) is 4.05. The maximum Gasteiger partial charge on any atom is 0.265 e. The third-order valence-corrected chi connectivity index (χ3v) is 7.99. The molecule has 0 saturated carbocycles. The number of thiophene rings is 1. The molecule has 1 saturated heterocycles. The van der Waals surface area contributed by atoms with Gasteiger partial charge in [0.1, 0.15) is 10.6 Å². The number of nitrogens with one attached hydrogen (secondary N) is 1. The lowest BCUT2D eigenvalue weighted by molar-refractivity contribution is 0.103. The summed E-state index contributed by atoms with van der Waals surface area (Å²) in [6.45, 7) is 5.07. The van der Waals surface area contributed by atoms with E-state index in [0.717, 1.165) is 36.1 Å². The zero-order valence-electron chi connectivity index (χ0n) is 16.4. The number of benzene rings is 1. The van der Waals surface area contributed by atoms with Gasteiger partial charge in [0.25, 0.3) is 5.91 Å². The van der Waals surface area contributed by atoms with Crippen LogP contribution in [0.3, 0.4) is 0 Å². The van der Waals surface area contributed by atoms with Gasteiger partial charge in [0.05, 0.1) is 12.0 Å². The lowest BCUT2D eigenvalue weighted by Gasteiger charge is -2.26. The lowest BCUT2D eigenvalue weighted by Crippen LogP contribution is -2.35. The molecule has 152 valence electrons. The Morgan fingerprint density at radius 1 is 1.21 bits per heavy atom. The van der Waals surface area contributed by atoms with Crippen molar-refractivity contribution in [3.63, 3.8) is 0 Å². The molecular weight excluding hydrogens is 396 g/mol. The Hall–Kier alpha value is -1.90. The van der Waals surface area contributed by atoms with Crippen molar-refractivity contribution in [2.45, 2.75) is 44.4 Å². The average Bonchev–Trinajstić information content (AvgIpc) is 3.09. The summed E-state index contributed by atoms with van der Waals surface area (Å²) in [4.78, 5) is 14.4. The predicted molar refractivity (Wildman–Crippen MR) is 112 cm³/mol. The first-order chi connectivity index (χ1) is 13.4. The summed E-state index contributed by atoms with van der Waals surface area (Å²) in [6.07, 6.45) is 3.63. The van der Waals surface area contributed by atoms with Crippen molar-refractivity contribution in [3.8, 4) is 5.75 Å². The van der Waals surface area contributed by atoms with Crippen LogP contribution >= 0.6 is 11.3 Å². The number of carbonyl (C=O) groups is 1. The second-order valence-corrected chi connectivity index (χ2v) is 9.99. The van der Waals surface area contributed by atoms with Crippen molar-refractivity contribution in [2.24, 2.45) is 0 Å². The second-order valence-electron chi connectivity index (χ2n) is 6.83. The number of sulfonamides is 1. The van der Waals surface area contributed by atoms with E-state index in [1.807, 2.05) is 13.0 Å². The molecule has 0 atom stereocenters. The molecule has 28 heavy (non-hydrogen) atoms. The maximum atomic E-state index is 13.1. The van der Waals surface area contributed by atoms with Gasteiger partial charge in [0.2, 0.25) is 10.0 Å². The van der Waals surface area contributed by atoms with Gasteiger partial charge in [-0.2, -0.15) is 4.31 Å². The van der Waals surface area contributed by atoms with Gasteiger partial charge in [0.15, 0.2) is 0 Å². The highest BCUT2D eigenvalue weighted by Crippen LogP contribution is 2.31. The minimum absolute atomic E-state index is 0.0892. The van der Waals surface area contributed by atoms with E-state index < -0.39 is 10.0 Å². The number of hydrogen-bond acceptors (Lipinski definition) is 5. The highest BCUT2D eigenvalue weighted by atomic mass is 32.2. The van der Waals surface area contributed by atoms with Gasteiger partial charge in [-0.15, -0.1) is 11.3 Å². The number of amides is 1. The highest BCUT2D eigenvalue weighted by molar-refractivity contribution is 7.89. The second kappa shape index (κ2) is 8.63. The van der Waals surface area contributed by atoms with Gasteiger partial charge in [-0.1, -0.05) is 13.3 Å². The fraction of sp³-hybridized carbons (Fsp3) is 0.450. The number of rotatable bonds is 6. The summed E-state index contributed by atoms with van der Waals surface area (Å²) in [5.41, 5.74) is 1.59. The number of piperidine rings is 1. The monoisotopic (exact) mass is 422 g/mol. The molecular formula is C20H26N2O4S2. The van der Waals surface area contributed by atoms with E-state index in [2.05, 4.69) is 12.2 Å². The van der Waals surface area contributed by atoms with Gasteiger partial charge in [-0.05, 0) is 56.0 Å². The normalized spacial score (nSPS) is 15.4. The van der Waals surface area contributed by atoms with E-state index in [1.165, 1.54) is 28.8 Å². The molecule has 0 aliphatic carbocycles. The zero-order chi connectivity index (χ0) is 20.3. The molecule has 6 nitrogen and oxygen atoms in total. The smallest absolute Gasteiger partial charge is 0.265 e. The highest BCUT2D eigenvalue weighted by Gasteiger charge is 2.29. The Kier molecular flexibility index (Phi) is 6.42. The Morgan fingerprint density at radius 3 is 2.54 bits per heavy atom. The molecule has 3 rings (SSSR count). The van der Waals surface area contributed by atoms with Crippen LogP contribution < -0.4 is 10.1 Å². The molecule has 1 aromatic heterocycles. The third-order valence-electron chi connectivity index (χ3n) is 4.98. The number of aryl methyl sites for hydroxylation is 2. The third kappa shape index (κ3) is 4.24. The maximum absolute atomic E-state index is 13.1. The van der Waals surface area contributed by atoms with Crippen molar-refractivity contribution in [2.75, 3.05) is 25.5 Å². The van der Waals surface area contributed by atoms with Crippen LogP contribution in [-0.4, -0.2) is 38.8 Å². The number of carbonyl (C=O) groups excluding carboxylic acids is 1. The Bertz CT molecular complexity index is 961. The van der Waals surface area contributed by atoms with Crippen LogP contribution in [-0.2, 0) is 16.4 Å². The Labute approximate surface area is 170 Å². The fourth-order valence-corrected chi connectivity index (χ4v) is 6.08. The molecule has 1 N–H and O–H groups in total. The van der Waals surface area contributed by atoms with Crippen LogP contribution in [0, 0.1) is 6.92 Å². The van der Waals surface area contributed by atoms with E-state index in [-0.39, 0.29) is 16.6 Å². The number of anilines is 1. The van der Waals surface area contributed by atoms with Gasteiger partial charge < -0.3 is 10.1 Å². The first-order valence-electron chi connectivity index (χ1n) is 9.45. The van der Waals surface area contributed by atoms with Crippen LogP contribution in [0.25, 0.3) is 0 Å². The minimum Gasteiger partial charge on any atom is -0.495 e. The molecule has 1 amide bonds. The summed E-state index contributed by atoms with van der Waals surface area (Å²) >= 11 is 1.44. The lowest BCUT2D eigenvalue weighted by atomic mass is 10.2. The van der Waals surface area contributed by atoms with Crippen molar-refractivity contribution in [3.05, 3.63) is 39.6 Å². The summed E-state index contributed by atoms with van der Waals surface area (Å²) in [6, 6.07) is 6.63. The molecule has 0 radical (unpaired) electrons. The molecule has 0 bridgehead atoms. The van der Waals surface area contributed by atoms with Crippen LogP contribution in [0.15, 0.2) is 29.2 Å². The molecule has 1 aliphatic heterocycles. The van der Waals surface area contributed by atoms with Crippen LogP contribution in [0.1, 0.15) is 46.3 Å².